The van der Waals surface area contributed by atoms with Crippen LogP contribution in [-0.2, 0) is 30.8 Å². The van der Waals surface area contributed by atoms with Crippen molar-refractivity contribution >= 4 is 51.7 Å². The van der Waals surface area contributed by atoms with Crippen molar-refractivity contribution < 1.29 is 18.4 Å². The summed E-state index contributed by atoms with van der Waals surface area (Å²) in [5.74, 6) is -2.43. The van der Waals surface area contributed by atoms with Crippen molar-refractivity contribution in [3.05, 3.63) is 129 Å². The van der Waals surface area contributed by atoms with Crippen LogP contribution >= 0.6 is 23.2 Å². The number of halogens is 4. The number of fused-ring (bicyclic) bond motifs is 1. The van der Waals surface area contributed by atoms with E-state index in [-0.39, 0.29) is 13.0 Å². The van der Waals surface area contributed by atoms with Crippen molar-refractivity contribution in [2.45, 2.75) is 51.4 Å². The monoisotopic (exact) mass is 747 g/mol. The zero-order chi connectivity index (χ0) is 36.6. The highest BCUT2D eigenvalue weighted by Crippen LogP contribution is 2.31. The minimum Gasteiger partial charge on any atom is -0.343 e. The first kappa shape index (κ1) is 37.2. The van der Waals surface area contributed by atoms with E-state index in [4.69, 9.17) is 28.9 Å². The number of nitrogens with one attached hydrogen (secondary N) is 2. The number of nitrogens with two attached hydrogens (primary N) is 1. The third-order valence-electron chi connectivity index (χ3n) is 9.30. The molecule has 0 spiro atoms. The largest absolute Gasteiger partial charge is 0.343 e. The maximum absolute atomic E-state index is 14.2. The first-order chi connectivity index (χ1) is 25.2. The van der Waals surface area contributed by atoms with Crippen molar-refractivity contribution in [1.82, 2.24) is 24.7 Å². The van der Waals surface area contributed by atoms with Gasteiger partial charge >= 0.3 is 6.03 Å². The van der Waals surface area contributed by atoms with Gasteiger partial charge in [0.1, 0.15) is 6.04 Å². The molecule has 1 aliphatic rings. The predicted octanol–water partition coefficient (Wildman–Crippen LogP) is 7.38. The highest BCUT2D eigenvalue weighted by atomic mass is 35.5. The molecule has 0 unspecified atom stereocenters. The molecule has 272 valence electrons. The number of carbonyl (C=O) groups excluding carboxylic acids is 2. The van der Waals surface area contributed by atoms with Crippen LogP contribution in [0.1, 0.15) is 41.5 Å². The molecule has 1 saturated heterocycles. The summed E-state index contributed by atoms with van der Waals surface area (Å²) in [5.41, 5.74) is 10.3. The second-order valence-electron chi connectivity index (χ2n) is 13.1. The van der Waals surface area contributed by atoms with Crippen LogP contribution in [-0.4, -0.2) is 63.5 Å². The molecule has 2 aromatic heterocycles. The highest BCUT2D eigenvalue weighted by molar-refractivity contribution is 6.36. The Kier molecular flexibility index (Phi) is 12.4. The van der Waals surface area contributed by atoms with Gasteiger partial charge in [0.15, 0.2) is 11.6 Å². The van der Waals surface area contributed by atoms with Gasteiger partial charge in [-0.15, -0.1) is 0 Å². The number of carbonyl (C=O) groups is 2. The summed E-state index contributed by atoms with van der Waals surface area (Å²) in [6.45, 7) is 4.24. The molecular weight excluding hydrogens is 707 g/mol. The van der Waals surface area contributed by atoms with Crippen LogP contribution in [0.3, 0.4) is 0 Å². The molecule has 3 heterocycles. The SMILES string of the molecule is NCCCN(Cc1ccncc1)C(=O)[C@H](Cc1ccc(F)c(F)c1)NC(=O)Nc1ccc2c(CN3CCCC3)cn(Cc3c(Cl)cccc3Cl)c2c1. The number of likely N-dealkylation sites (tertiary alicyclic amines) is 1. The standard InChI is InChI=1S/C39H41Cl2F2N7O2/c40-32-5-3-6-33(41)31(32)25-50-24-28(23-48-16-1-2-17-48)30-9-8-29(21-37(30)50)46-39(52)47-36(20-27-7-10-34(42)35(43)19-27)38(51)49(18-4-13-44)22-26-11-14-45-15-12-26/h3,5-12,14-15,19,21,24,36H,1-2,4,13,16-18,20,22-23,25,44H2,(H2,46,47,52)/t36-/m0/s1. The summed E-state index contributed by atoms with van der Waals surface area (Å²) >= 11 is 13.1. The summed E-state index contributed by atoms with van der Waals surface area (Å²) in [4.78, 5) is 35.9. The van der Waals surface area contributed by atoms with Gasteiger partial charge in [-0.1, -0.05) is 41.4 Å². The third kappa shape index (κ3) is 9.27. The topological polar surface area (TPSA) is 109 Å². The predicted molar refractivity (Wildman–Crippen MR) is 201 cm³/mol. The van der Waals surface area contributed by atoms with Crippen LogP contribution in [0.5, 0.6) is 0 Å². The summed E-state index contributed by atoms with van der Waals surface area (Å²) in [5, 5.41) is 7.87. The van der Waals surface area contributed by atoms with E-state index < -0.39 is 29.6 Å². The Labute approximate surface area is 311 Å². The maximum Gasteiger partial charge on any atom is 0.319 e. The molecule has 1 atom stereocenters. The smallest absolute Gasteiger partial charge is 0.319 e. The van der Waals surface area contributed by atoms with Crippen LogP contribution in [0.25, 0.3) is 10.9 Å². The molecule has 13 heteroatoms. The lowest BCUT2D eigenvalue weighted by molar-refractivity contribution is -0.133. The van der Waals surface area contributed by atoms with Crippen molar-refractivity contribution in [3.63, 3.8) is 0 Å². The lowest BCUT2D eigenvalue weighted by atomic mass is 10.0. The molecule has 9 nitrogen and oxygen atoms in total. The summed E-state index contributed by atoms with van der Waals surface area (Å²) in [7, 11) is 0. The van der Waals surface area contributed by atoms with Gasteiger partial charge in [-0.25, -0.2) is 13.6 Å². The second-order valence-corrected chi connectivity index (χ2v) is 13.9. The van der Waals surface area contributed by atoms with Gasteiger partial charge in [-0.3, -0.25) is 14.7 Å². The second kappa shape index (κ2) is 17.3. The number of hydrogen-bond acceptors (Lipinski definition) is 5. The number of urea groups is 1. The van der Waals surface area contributed by atoms with Crippen LogP contribution in [0.15, 0.2) is 85.3 Å². The number of benzene rings is 3. The molecule has 5 aromatic rings. The molecule has 0 bridgehead atoms. The Morgan fingerprint density at radius 3 is 2.38 bits per heavy atom. The van der Waals surface area contributed by atoms with E-state index in [1.807, 2.05) is 36.4 Å². The molecule has 0 aliphatic carbocycles. The van der Waals surface area contributed by atoms with Crippen LogP contribution in [0.2, 0.25) is 10.0 Å². The van der Waals surface area contributed by atoms with E-state index in [1.54, 1.807) is 29.4 Å². The number of amides is 3. The maximum atomic E-state index is 14.2. The lowest BCUT2D eigenvalue weighted by Crippen LogP contribution is -2.51. The Bertz CT molecular complexity index is 2000. The van der Waals surface area contributed by atoms with Crippen molar-refractivity contribution in [2.24, 2.45) is 5.73 Å². The Hall–Kier alpha value is -4.55. The zero-order valence-corrected chi connectivity index (χ0v) is 30.1. The van der Waals surface area contributed by atoms with Gasteiger partial charge in [0.05, 0.1) is 12.1 Å². The van der Waals surface area contributed by atoms with Crippen molar-refractivity contribution in [3.8, 4) is 0 Å². The third-order valence-corrected chi connectivity index (χ3v) is 10.0. The first-order valence-corrected chi connectivity index (χ1v) is 18.1. The average Bonchev–Trinajstić information content (AvgIpc) is 3.77. The molecule has 3 aromatic carbocycles. The number of hydrogen-bond donors (Lipinski definition) is 3. The van der Waals surface area contributed by atoms with Gasteiger partial charge in [-0.2, -0.15) is 0 Å². The van der Waals surface area contributed by atoms with Gasteiger partial charge < -0.3 is 25.8 Å². The first-order valence-electron chi connectivity index (χ1n) is 17.3. The van der Waals surface area contributed by atoms with Crippen molar-refractivity contribution in [1.29, 1.82) is 0 Å². The van der Waals surface area contributed by atoms with Gasteiger partial charge in [0, 0.05) is 71.3 Å². The zero-order valence-electron chi connectivity index (χ0n) is 28.6. The van der Waals surface area contributed by atoms with E-state index in [0.717, 1.165) is 59.4 Å². The molecule has 52 heavy (non-hydrogen) atoms. The lowest BCUT2D eigenvalue weighted by Gasteiger charge is -2.28. The Morgan fingerprint density at radius 2 is 1.67 bits per heavy atom. The summed E-state index contributed by atoms with van der Waals surface area (Å²) < 4.78 is 30.1. The Morgan fingerprint density at radius 1 is 0.923 bits per heavy atom. The summed E-state index contributed by atoms with van der Waals surface area (Å²) in [6.07, 6.45) is 8.19. The number of nitrogens with zero attached hydrogens (tertiary/aromatic N) is 4. The van der Waals surface area contributed by atoms with E-state index in [0.29, 0.717) is 47.4 Å². The molecule has 1 aliphatic heterocycles. The number of pyridine rings is 1. The fraction of sp³-hybridized carbons (Fsp3) is 0.308. The molecule has 3 amide bonds. The highest BCUT2D eigenvalue weighted by Gasteiger charge is 2.27. The van der Waals surface area contributed by atoms with Crippen LogP contribution in [0.4, 0.5) is 19.3 Å². The molecule has 0 radical (unpaired) electrons. The molecule has 6 rings (SSSR count). The van der Waals surface area contributed by atoms with Gasteiger partial charge in [0.25, 0.3) is 0 Å². The van der Waals surface area contributed by atoms with Crippen molar-refractivity contribution in [2.75, 3.05) is 31.5 Å². The van der Waals surface area contributed by atoms with E-state index in [9.17, 15) is 18.4 Å². The Balaban J connectivity index is 1.27. The van der Waals surface area contributed by atoms with Gasteiger partial charge in [-0.05, 0) is 104 Å². The quantitative estimate of drug-likeness (QED) is 0.110. The molecule has 4 N–H and O–H groups in total. The normalized spacial score (nSPS) is 13.7. The molecule has 0 saturated carbocycles. The van der Waals surface area contributed by atoms with Crippen LogP contribution in [0, 0.1) is 11.6 Å². The molecular formula is C39H41Cl2F2N7O2. The fourth-order valence-corrected chi connectivity index (χ4v) is 7.16. The van der Waals surface area contributed by atoms with E-state index >= 15 is 0 Å². The molecule has 1 fully saturated rings. The fourth-order valence-electron chi connectivity index (χ4n) is 6.64. The number of anilines is 1. The van der Waals surface area contributed by atoms with Gasteiger partial charge in [0.2, 0.25) is 5.91 Å². The average molecular weight is 749 g/mol. The minimum atomic E-state index is -1.11. The van der Waals surface area contributed by atoms with Crippen LogP contribution < -0.4 is 16.4 Å². The number of aromatic nitrogens is 2. The van der Waals surface area contributed by atoms with E-state index in [2.05, 4.69) is 31.3 Å². The number of rotatable bonds is 14. The summed E-state index contributed by atoms with van der Waals surface area (Å²) in [6, 6.07) is 16.4. The minimum absolute atomic E-state index is 0.0702. The van der Waals surface area contributed by atoms with E-state index in [1.165, 1.54) is 18.9 Å².